The zero-order valence-corrected chi connectivity index (χ0v) is 13.3. The molecule has 26 heavy (non-hydrogen) atoms. The van der Waals surface area contributed by atoms with Crippen molar-refractivity contribution in [3.63, 3.8) is 0 Å². The van der Waals surface area contributed by atoms with Crippen LogP contribution in [-0.2, 0) is 0 Å². The van der Waals surface area contributed by atoms with Gasteiger partial charge in [-0.1, -0.05) is 12.1 Å². The van der Waals surface area contributed by atoms with Gasteiger partial charge in [-0.15, -0.1) is 4.74 Å². The van der Waals surface area contributed by atoms with Crippen LogP contribution in [0.4, 0.5) is 4.39 Å². The average molecular weight is 350 g/mol. The lowest BCUT2D eigenvalue weighted by Gasteiger charge is -2.06. The molecule has 0 atom stereocenters. The predicted molar refractivity (Wildman–Crippen MR) is 90.0 cm³/mol. The van der Waals surface area contributed by atoms with Gasteiger partial charge >= 0.3 is 11.5 Å². The maximum absolute atomic E-state index is 13.3. The van der Waals surface area contributed by atoms with E-state index < -0.39 is 17.3 Å². The number of halogens is 1. The van der Waals surface area contributed by atoms with Crippen molar-refractivity contribution in [3.05, 3.63) is 89.2 Å². The van der Waals surface area contributed by atoms with Crippen molar-refractivity contribution in [3.8, 4) is 22.4 Å². The second-order valence-corrected chi connectivity index (χ2v) is 5.42. The van der Waals surface area contributed by atoms with E-state index in [2.05, 4.69) is 4.98 Å². The Labute approximate surface area is 146 Å². The molecule has 0 bridgehead atoms. The summed E-state index contributed by atoms with van der Waals surface area (Å²) >= 11 is 0. The Balaban J connectivity index is 1.99. The lowest BCUT2D eigenvalue weighted by molar-refractivity contribution is 0.0814. The standard InChI is InChI=1S/C19H11FN2O4/c20-14-5-3-12(4-6-14)16-17(13-7-9-21-10-8-13)22(26-19(16)24)18(23)15-2-1-11-25-15/h1-11H. The first-order valence-electron chi connectivity index (χ1n) is 7.66. The Morgan fingerprint density at radius 3 is 2.38 bits per heavy atom. The van der Waals surface area contributed by atoms with Crippen LogP contribution >= 0.6 is 0 Å². The third kappa shape index (κ3) is 2.65. The number of hydrogen-bond donors (Lipinski definition) is 0. The maximum Gasteiger partial charge on any atom is 0.366 e. The zero-order valence-electron chi connectivity index (χ0n) is 13.3. The Morgan fingerprint density at radius 2 is 1.73 bits per heavy atom. The Kier molecular flexibility index (Phi) is 3.81. The molecule has 128 valence electrons. The minimum atomic E-state index is -0.719. The number of furan rings is 1. The molecule has 6 nitrogen and oxygen atoms in total. The van der Waals surface area contributed by atoms with E-state index in [1.54, 1.807) is 18.2 Å². The average Bonchev–Trinajstić information content (AvgIpc) is 3.31. The molecule has 1 aromatic carbocycles. The number of carbonyl (C=O) groups excluding carboxylic acids is 1. The molecule has 3 aromatic heterocycles. The van der Waals surface area contributed by atoms with Gasteiger partial charge in [-0.05, 0) is 42.0 Å². The lowest BCUT2D eigenvalue weighted by Crippen LogP contribution is -2.12. The van der Waals surface area contributed by atoms with Crippen molar-refractivity contribution in [1.29, 1.82) is 0 Å². The number of aromatic nitrogens is 2. The van der Waals surface area contributed by atoms with Crippen LogP contribution in [0.5, 0.6) is 0 Å². The topological polar surface area (TPSA) is 78.2 Å². The monoisotopic (exact) mass is 350 g/mol. The van der Waals surface area contributed by atoms with Crippen molar-refractivity contribution in [1.82, 2.24) is 9.72 Å². The Bertz CT molecular complexity index is 1110. The first kappa shape index (κ1) is 15.8. The van der Waals surface area contributed by atoms with Crippen LogP contribution < -0.4 is 5.63 Å². The molecule has 4 rings (SSSR count). The van der Waals surface area contributed by atoms with E-state index in [-0.39, 0.29) is 17.0 Å². The second kappa shape index (κ2) is 6.29. The predicted octanol–water partition coefficient (Wildman–Crippen LogP) is 3.59. The van der Waals surface area contributed by atoms with Crippen LogP contribution in [0.2, 0.25) is 0 Å². The fourth-order valence-corrected chi connectivity index (χ4v) is 2.66. The third-order valence-electron chi connectivity index (χ3n) is 3.82. The number of rotatable bonds is 3. The Morgan fingerprint density at radius 1 is 1.00 bits per heavy atom. The fraction of sp³-hybridized carbons (Fsp3) is 0. The molecule has 0 aliphatic heterocycles. The van der Waals surface area contributed by atoms with E-state index in [1.807, 2.05) is 0 Å². The molecular weight excluding hydrogens is 339 g/mol. The van der Waals surface area contributed by atoms with E-state index in [9.17, 15) is 14.0 Å². The van der Waals surface area contributed by atoms with Gasteiger partial charge in [0, 0.05) is 18.0 Å². The minimum Gasteiger partial charge on any atom is -0.459 e. The zero-order chi connectivity index (χ0) is 18.1. The molecule has 7 heteroatoms. The van der Waals surface area contributed by atoms with Crippen LogP contribution in [0.3, 0.4) is 0 Å². The van der Waals surface area contributed by atoms with Gasteiger partial charge in [-0.25, -0.2) is 9.18 Å². The van der Waals surface area contributed by atoms with Gasteiger partial charge in [0.2, 0.25) is 0 Å². The maximum atomic E-state index is 13.3. The molecule has 0 saturated carbocycles. The summed E-state index contributed by atoms with van der Waals surface area (Å²) < 4.78 is 24.5. The normalized spacial score (nSPS) is 10.8. The SMILES string of the molecule is O=C(c1ccco1)n1oc(=O)c(-c2ccc(F)cc2)c1-c1ccncc1. The Hall–Kier alpha value is -3.74. The summed E-state index contributed by atoms with van der Waals surface area (Å²) in [5, 5.41) is 0. The van der Waals surface area contributed by atoms with Crippen molar-refractivity contribution in [2.45, 2.75) is 0 Å². The largest absolute Gasteiger partial charge is 0.459 e. The van der Waals surface area contributed by atoms with E-state index in [0.29, 0.717) is 11.1 Å². The number of benzene rings is 1. The highest BCUT2D eigenvalue weighted by Crippen LogP contribution is 2.30. The van der Waals surface area contributed by atoms with E-state index >= 15 is 0 Å². The van der Waals surface area contributed by atoms with E-state index in [0.717, 1.165) is 4.74 Å². The van der Waals surface area contributed by atoms with Crippen molar-refractivity contribution >= 4 is 5.91 Å². The van der Waals surface area contributed by atoms with Crippen LogP contribution in [0.25, 0.3) is 22.4 Å². The first-order valence-corrected chi connectivity index (χ1v) is 7.66. The van der Waals surface area contributed by atoms with Crippen molar-refractivity contribution < 1.29 is 18.1 Å². The van der Waals surface area contributed by atoms with Crippen LogP contribution in [0.15, 0.2) is 80.9 Å². The number of carbonyl (C=O) groups is 1. The van der Waals surface area contributed by atoms with Crippen molar-refractivity contribution in [2.24, 2.45) is 0 Å². The van der Waals surface area contributed by atoms with Crippen molar-refractivity contribution in [2.75, 3.05) is 0 Å². The summed E-state index contributed by atoms with van der Waals surface area (Å²) in [4.78, 5) is 29.2. The molecule has 0 unspecified atom stereocenters. The molecular formula is C19H11FN2O4. The molecule has 0 spiro atoms. The smallest absolute Gasteiger partial charge is 0.366 e. The summed E-state index contributed by atoms with van der Waals surface area (Å²) in [5.41, 5.74) is 0.646. The molecule has 0 aliphatic carbocycles. The number of nitrogens with zero attached hydrogens (tertiary/aromatic N) is 2. The molecule has 4 aromatic rings. The summed E-state index contributed by atoms with van der Waals surface area (Å²) in [6.07, 6.45) is 4.41. The van der Waals surface area contributed by atoms with Crippen LogP contribution in [0, 0.1) is 5.82 Å². The van der Waals surface area contributed by atoms with Gasteiger partial charge in [0.15, 0.2) is 5.76 Å². The second-order valence-electron chi connectivity index (χ2n) is 5.42. The molecule has 3 heterocycles. The molecule has 0 radical (unpaired) electrons. The summed E-state index contributed by atoms with van der Waals surface area (Å²) in [6.45, 7) is 0. The fourth-order valence-electron chi connectivity index (χ4n) is 2.66. The first-order chi connectivity index (χ1) is 12.6. The molecule has 0 aliphatic rings. The summed E-state index contributed by atoms with van der Waals surface area (Å²) in [5.74, 6) is -1.05. The van der Waals surface area contributed by atoms with Gasteiger partial charge in [0.25, 0.3) is 0 Å². The van der Waals surface area contributed by atoms with Gasteiger partial charge in [-0.2, -0.15) is 0 Å². The van der Waals surface area contributed by atoms with E-state index in [1.165, 1.54) is 49.0 Å². The molecule has 0 saturated heterocycles. The summed E-state index contributed by atoms with van der Waals surface area (Å²) in [7, 11) is 0. The van der Waals surface area contributed by atoms with Gasteiger partial charge in [0.1, 0.15) is 11.5 Å². The molecule has 0 amide bonds. The quantitative estimate of drug-likeness (QED) is 0.564. The van der Waals surface area contributed by atoms with Crippen LogP contribution in [0.1, 0.15) is 10.6 Å². The third-order valence-corrected chi connectivity index (χ3v) is 3.82. The molecule has 0 fully saturated rings. The number of pyridine rings is 1. The van der Waals surface area contributed by atoms with Gasteiger partial charge in [-0.3, -0.25) is 9.78 Å². The van der Waals surface area contributed by atoms with Gasteiger partial charge in [0.05, 0.1) is 11.8 Å². The highest BCUT2D eigenvalue weighted by molar-refractivity contribution is 5.97. The molecule has 0 N–H and O–H groups in total. The highest BCUT2D eigenvalue weighted by atomic mass is 19.1. The lowest BCUT2D eigenvalue weighted by atomic mass is 10.0. The van der Waals surface area contributed by atoms with Crippen LogP contribution in [-0.4, -0.2) is 15.6 Å². The van der Waals surface area contributed by atoms with Gasteiger partial charge < -0.3 is 8.94 Å². The highest BCUT2D eigenvalue weighted by Gasteiger charge is 2.26. The number of hydrogen-bond acceptors (Lipinski definition) is 5. The summed E-state index contributed by atoms with van der Waals surface area (Å²) in [6, 6.07) is 11.7. The minimum absolute atomic E-state index is 0.0183. The van der Waals surface area contributed by atoms with E-state index in [4.69, 9.17) is 8.94 Å².